The van der Waals surface area contributed by atoms with E-state index in [2.05, 4.69) is 10.6 Å². The van der Waals surface area contributed by atoms with Crippen LogP contribution < -0.4 is 10.6 Å². The van der Waals surface area contributed by atoms with Crippen LogP contribution in [-0.2, 0) is 6.42 Å². The lowest BCUT2D eigenvalue weighted by atomic mass is 10.1. The predicted molar refractivity (Wildman–Crippen MR) is 100 cm³/mol. The first-order valence-electron chi connectivity index (χ1n) is 8.51. The van der Waals surface area contributed by atoms with Crippen LogP contribution in [0.4, 0.5) is 10.1 Å². The van der Waals surface area contributed by atoms with Crippen molar-refractivity contribution in [3.63, 3.8) is 0 Å². The van der Waals surface area contributed by atoms with Crippen molar-refractivity contribution in [2.45, 2.75) is 13.3 Å². The third-order valence-corrected chi connectivity index (χ3v) is 4.08. The Bertz CT molecular complexity index is 952. The summed E-state index contributed by atoms with van der Waals surface area (Å²) in [6.07, 6.45) is 1.95. The van der Waals surface area contributed by atoms with E-state index in [1.54, 1.807) is 36.4 Å². The largest absolute Gasteiger partial charge is 0.459 e. The van der Waals surface area contributed by atoms with Crippen molar-refractivity contribution < 1.29 is 18.4 Å². The lowest BCUT2D eigenvalue weighted by Crippen LogP contribution is -2.26. The Kier molecular flexibility index (Phi) is 5.66. The molecule has 0 aliphatic rings. The summed E-state index contributed by atoms with van der Waals surface area (Å²) in [6.45, 7) is 2.22. The Morgan fingerprint density at radius 1 is 1.04 bits per heavy atom. The molecule has 1 heterocycles. The quantitative estimate of drug-likeness (QED) is 0.694. The maximum absolute atomic E-state index is 13.2. The van der Waals surface area contributed by atoms with Gasteiger partial charge in [0.1, 0.15) is 5.82 Å². The molecule has 6 heteroatoms. The molecule has 3 rings (SSSR count). The maximum atomic E-state index is 13.2. The van der Waals surface area contributed by atoms with Gasteiger partial charge in [-0.05, 0) is 60.9 Å². The second kappa shape index (κ2) is 8.31. The molecular formula is C21H19FN2O3. The summed E-state index contributed by atoms with van der Waals surface area (Å²) < 4.78 is 18.2. The first-order valence-corrected chi connectivity index (χ1v) is 8.51. The molecule has 3 aromatic rings. The third-order valence-electron chi connectivity index (χ3n) is 4.08. The van der Waals surface area contributed by atoms with E-state index < -0.39 is 0 Å². The fourth-order valence-corrected chi connectivity index (χ4v) is 2.60. The summed E-state index contributed by atoms with van der Waals surface area (Å²) in [5, 5.41) is 5.54. The SMILES string of the molecule is Cc1ccc(C(=O)NCCc2cccc(F)c2)cc1NC(=O)c1ccco1. The second-order valence-electron chi connectivity index (χ2n) is 6.10. The molecule has 5 nitrogen and oxygen atoms in total. The Morgan fingerprint density at radius 2 is 1.89 bits per heavy atom. The summed E-state index contributed by atoms with van der Waals surface area (Å²) in [4.78, 5) is 24.5. The van der Waals surface area contributed by atoms with Crippen LogP contribution in [0, 0.1) is 12.7 Å². The molecule has 27 heavy (non-hydrogen) atoms. The normalized spacial score (nSPS) is 10.4. The molecule has 0 saturated carbocycles. The van der Waals surface area contributed by atoms with Gasteiger partial charge in [0.2, 0.25) is 0 Å². The Morgan fingerprint density at radius 3 is 2.63 bits per heavy atom. The van der Waals surface area contributed by atoms with Crippen LogP contribution in [0.3, 0.4) is 0 Å². The van der Waals surface area contributed by atoms with Crippen LogP contribution in [0.1, 0.15) is 32.0 Å². The highest BCUT2D eigenvalue weighted by atomic mass is 19.1. The number of nitrogens with one attached hydrogen (secondary N) is 2. The smallest absolute Gasteiger partial charge is 0.291 e. The van der Waals surface area contributed by atoms with E-state index in [-0.39, 0.29) is 23.4 Å². The molecule has 2 aromatic carbocycles. The molecular weight excluding hydrogens is 347 g/mol. The Hall–Kier alpha value is -3.41. The zero-order valence-electron chi connectivity index (χ0n) is 14.8. The molecule has 1 aromatic heterocycles. The predicted octanol–water partition coefficient (Wildman–Crippen LogP) is 3.95. The van der Waals surface area contributed by atoms with Crippen LogP contribution in [0.25, 0.3) is 0 Å². The standard InChI is InChI=1S/C21H19FN2O3/c1-14-7-8-16(13-18(14)24-21(26)19-6-3-11-27-19)20(25)23-10-9-15-4-2-5-17(22)12-15/h2-8,11-13H,9-10H2,1H3,(H,23,25)(H,24,26). The Balaban J connectivity index is 1.62. The minimum Gasteiger partial charge on any atom is -0.459 e. The fraction of sp³-hybridized carbons (Fsp3) is 0.143. The van der Waals surface area contributed by atoms with E-state index in [4.69, 9.17) is 4.42 Å². The van der Waals surface area contributed by atoms with Gasteiger partial charge in [-0.3, -0.25) is 9.59 Å². The number of hydrogen-bond donors (Lipinski definition) is 2. The molecule has 0 saturated heterocycles. The zero-order valence-corrected chi connectivity index (χ0v) is 14.8. The molecule has 0 aliphatic carbocycles. The number of aryl methyl sites for hydroxylation is 1. The van der Waals surface area contributed by atoms with E-state index in [1.807, 2.05) is 13.0 Å². The van der Waals surface area contributed by atoms with E-state index in [0.717, 1.165) is 11.1 Å². The Labute approximate surface area is 156 Å². The average Bonchev–Trinajstić information content (AvgIpc) is 3.18. The molecule has 0 aliphatic heterocycles. The molecule has 0 bridgehead atoms. The van der Waals surface area contributed by atoms with E-state index >= 15 is 0 Å². The number of carbonyl (C=O) groups excluding carboxylic acids is 2. The summed E-state index contributed by atoms with van der Waals surface area (Å²) >= 11 is 0. The van der Waals surface area contributed by atoms with Crippen molar-refractivity contribution in [1.82, 2.24) is 5.32 Å². The van der Waals surface area contributed by atoms with Gasteiger partial charge in [0.25, 0.3) is 11.8 Å². The number of amides is 2. The second-order valence-corrected chi connectivity index (χ2v) is 6.10. The molecule has 0 radical (unpaired) electrons. The number of anilines is 1. The number of furan rings is 1. The molecule has 2 N–H and O–H groups in total. The molecule has 0 atom stereocenters. The number of halogens is 1. The summed E-state index contributed by atoms with van der Waals surface area (Å²) in [5.41, 5.74) is 2.60. The number of rotatable bonds is 6. The van der Waals surface area contributed by atoms with Crippen molar-refractivity contribution >= 4 is 17.5 Å². The van der Waals surface area contributed by atoms with Gasteiger partial charge in [0.05, 0.1) is 6.26 Å². The fourth-order valence-electron chi connectivity index (χ4n) is 2.60. The van der Waals surface area contributed by atoms with E-state index in [9.17, 15) is 14.0 Å². The maximum Gasteiger partial charge on any atom is 0.291 e. The van der Waals surface area contributed by atoms with Crippen molar-refractivity contribution in [1.29, 1.82) is 0 Å². The zero-order chi connectivity index (χ0) is 19.2. The van der Waals surface area contributed by atoms with Crippen LogP contribution in [0.5, 0.6) is 0 Å². The van der Waals surface area contributed by atoms with Gasteiger partial charge < -0.3 is 15.1 Å². The van der Waals surface area contributed by atoms with Gasteiger partial charge in [-0.25, -0.2) is 4.39 Å². The summed E-state index contributed by atoms with van der Waals surface area (Å²) in [5.74, 6) is -0.750. The van der Waals surface area contributed by atoms with Gasteiger partial charge in [0.15, 0.2) is 5.76 Å². The van der Waals surface area contributed by atoms with Crippen molar-refractivity contribution in [3.05, 3.63) is 89.1 Å². The van der Waals surface area contributed by atoms with Gasteiger partial charge in [-0.2, -0.15) is 0 Å². The van der Waals surface area contributed by atoms with E-state index in [0.29, 0.717) is 24.2 Å². The first kappa shape index (κ1) is 18.4. The molecule has 2 amide bonds. The average molecular weight is 366 g/mol. The highest BCUT2D eigenvalue weighted by molar-refractivity contribution is 6.03. The minimum atomic E-state index is -0.383. The van der Waals surface area contributed by atoms with Crippen molar-refractivity contribution in [2.75, 3.05) is 11.9 Å². The van der Waals surface area contributed by atoms with Gasteiger partial charge >= 0.3 is 0 Å². The monoisotopic (exact) mass is 366 g/mol. The number of carbonyl (C=O) groups is 2. The van der Waals surface area contributed by atoms with Crippen LogP contribution in [-0.4, -0.2) is 18.4 Å². The minimum absolute atomic E-state index is 0.194. The van der Waals surface area contributed by atoms with Crippen molar-refractivity contribution in [2.24, 2.45) is 0 Å². The first-order chi connectivity index (χ1) is 13.0. The molecule has 0 unspecified atom stereocenters. The van der Waals surface area contributed by atoms with E-state index in [1.165, 1.54) is 18.4 Å². The molecule has 138 valence electrons. The lowest BCUT2D eigenvalue weighted by molar-refractivity contribution is 0.0952. The number of benzene rings is 2. The van der Waals surface area contributed by atoms with Gasteiger partial charge in [-0.15, -0.1) is 0 Å². The summed E-state index contributed by atoms with van der Waals surface area (Å²) in [6, 6.07) is 14.5. The van der Waals surface area contributed by atoms with Crippen molar-refractivity contribution in [3.8, 4) is 0 Å². The third kappa shape index (κ3) is 4.82. The highest BCUT2D eigenvalue weighted by Gasteiger charge is 2.13. The molecule has 0 fully saturated rings. The molecule has 0 spiro atoms. The van der Waals surface area contributed by atoms with Crippen LogP contribution >= 0.6 is 0 Å². The van der Waals surface area contributed by atoms with Crippen LogP contribution in [0.2, 0.25) is 0 Å². The van der Waals surface area contributed by atoms with Gasteiger partial charge in [0, 0.05) is 17.8 Å². The lowest BCUT2D eigenvalue weighted by Gasteiger charge is -2.10. The topological polar surface area (TPSA) is 71.3 Å². The number of hydrogen-bond acceptors (Lipinski definition) is 3. The summed E-state index contributed by atoms with van der Waals surface area (Å²) in [7, 11) is 0. The highest BCUT2D eigenvalue weighted by Crippen LogP contribution is 2.18. The van der Waals surface area contributed by atoms with Gasteiger partial charge in [-0.1, -0.05) is 18.2 Å². The van der Waals surface area contributed by atoms with Crippen LogP contribution in [0.15, 0.2) is 65.3 Å².